The number of halogens is 1. The molecule has 0 amide bonds. The van der Waals surface area contributed by atoms with Gasteiger partial charge < -0.3 is 0 Å². The van der Waals surface area contributed by atoms with Crippen LogP contribution in [0.25, 0.3) is 0 Å². The largest absolute Gasteiger partial charge is 0.265 e. The Kier molecular flexibility index (Phi) is 13.5. The molecule has 0 aliphatic carbocycles. The number of nitrogens with zero attached hydrogens (tertiary/aromatic N) is 2. The topological polar surface area (TPSA) is 25.8 Å². The Morgan fingerprint density at radius 1 is 0.500 bits per heavy atom. The van der Waals surface area contributed by atoms with Gasteiger partial charge in [0.1, 0.15) is 0 Å². The van der Waals surface area contributed by atoms with Crippen LogP contribution in [0.15, 0.2) is 61.2 Å². The van der Waals surface area contributed by atoms with Crippen LogP contribution in [0.3, 0.4) is 0 Å². The van der Waals surface area contributed by atoms with Crippen molar-refractivity contribution in [3.05, 3.63) is 61.2 Å². The van der Waals surface area contributed by atoms with E-state index in [-0.39, 0.29) is 29.5 Å². The van der Waals surface area contributed by atoms with Crippen LogP contribution in [0.2, 0.25) is 0 Å². The van der Waals surface area contributed by atoms with Crippen molar-refractivity contribution < 1.29 is 17.1 Å². The summed E-state index contributed by atoms with van der Waals surface area (Å²) < 4.78 is 0. The summed E-state index contributed by atoms with van der Waals surface area (Å²) in [6.45, 7) is 0. The van der Waals surface area contributed by atoms with E-state index in [0.29, 0.717) is 0 Å². The molecule has 2 aromatic rings. The van der Waals surface area contributed by atoms with E-state index in [1.54, 1.807) is 24.8 Å². The minimum Gasteiger partial charge on any atom is -0.265 e. The number of hydrogen-bond donors (Lipinski definition) is 0. The maximum absolute atomic E-state index is 3.78. The van der Waals surface area contributed by atoms with Crippen LogP contribution < -0.4 is 0 Å². The van der Waals surface area contributed by atoms with Gasteiger partial charge in [-0.2, -0.15) is 0 Å². The zero-order chi connectivity index (χ0) is 8.49. The fraction of sp³-hybridized carbons (Fsp3) is 0. The molecule has 0 aliphatic heterocycles. The number of hydrogen-bond acceptors (Lipinski definition) is 2. The van der Waals surface area contributed by atoms with Crippen molar-refractivity contribution >= 4 is 12.4 Å². The molecular formula is C10H11ClFeN2. The number of pyridine rings is 2. The quantitative estimate of drug-likeness (QED) is 0.672. The molecule has 0 fully saturated rings. The van der Waals surface area contributed by atoms with E-state index in [1.165, 1.54) is 0 Å². The van der Waals surface area contributed by atoms with Gasteiger partial charge in [0.2, 0.25) is 0 Å². The predicted molar refractivity (Wildman–Crippen MR) is 55.7 cm³/mol. The zero-order valence-electron chi connectivity index (χ0n) is 7.43. The average molecular weight is 251 g/mol. The molecule has 0 N–H and O–H groups in total. The van der Waals surface area contributed by atoms with Crippen molar-refractivity contribution in [2.75, 3.05) is 0 Å². The van der Waals surface area contributed by atoms with E-state index >= 15 is 0 Å². The molecule has 0 saturated heterocycles. The molecule has 0 radical (unpaired) electrons. The third kappa shape index (κ3) is 9.20. The monoisotopic (exact) mass is 250 g/mol. The predicted octanol–water partition coefficient (Wildman–Crippen LogP) is 2.58. The van der Waals surface area contributed by atoms with Crippen molar-refractivity contribution in [3.8, 4) is 0 Å². The second-order valence-corrected chi connectivity index (χ2v) is 2.05. The fourth-order valence-electron chi connectivity index (χ4n) is 0.625. The van der Waals surface area contributed by atoms with E-state index in [4.69, 9.17) is 0 Å². The molecule has 0 bridgehead atoms. The van der Waals surface area contributed by atoms with Gasteiger partial charge in [0, 0.05) is 41.9 Å². The van der Waals surface area contributed by atoms with E-state index in [2.05, 4.69) is 9.97 Å². The summed E-state index contributed by atoms with van der Waals surface area (Å²) in [5.41, 5.74) is 0. The Morgan fingerprint density at radius 2 is 0.786 bits per heavy atom. The third-order valence-electron chi connectivity index (χ3n) is 1.13. The SMILES string of the molecule is Cl.[Fe].c1ccncc1.c1ccncc1. The molecule has 2 heterocycles. The van der Waals surface area contributed by atoms with Crippen molar-refractivity contribution in [1.29, 1.82) is 0 Å². The van der Waals surface area contributed by atoms with Gasteiger partial charge in [0.05, 0.1) is 0 Å². The van der Waals surface area contributed by atoms with Gasteiger partial charge >= 0.3 is 0 Å². The summed E-state index contributed by atoms with van der Waals surface area (Å²) in [6.07, 6.45) is 7.00. The van der Waals surface area contributed by atoms with Gasteiger partial charge in [-0.05, 0) is 24.3 Å². The first kappa shape index (κ1) is 15.6. The van der Waals surface area contributed by atoms with Crippen molar-refractivity contribution in [1.82, 2.24) is 9.97 Å². The van der Waals surface area contributed by atoms with Crippen LogP contribution in [0.4, 0.5) is 0 Å². The van der Waals surface area contributed by atoms with Crippen LogP contribution >= 0.6 is 12.4 Å². The molecule has 2 nitrogen and oxygen atoms in total. The van der Waals surface area contributed by atoms with Gasteiger partial charge in [-0.1, -0.05) is 12.1 Å². The van der Waals surface area contributed by atoms with Crippen LogP contribution in [0.1, 0.15) is 0 Å². The molecule has 2 rings (SSSR count). The number of rotatable bonds is 0. The molecule has 0 aliphatic rings. The Balaban J connectivity index is 0. The van der Waals surface area contributed by atoms with Crippen LogP contribution in [-0.4, -0.2) is 9.97 Å². The average Bonchev–Trinajstić information content (AvgIpc) is 2.24. The van der Waals surface area contributed by atoms with Crippen LogP contribution in [0.5, 0.6) is 0 Å². The molecular weight excluding hydrogens is 239 g/mol. The Labute approximate surface area is 101 Å². The Morgan fingerprint density at radius 3 is 0.857 bits per heavy atom. The van der Waals surface area contributed by atoms with Gasteiger partial charge in [-0.25, -0.2) is 0 Å². The van der Waals surface area contributed by atoms with Gasteiger partial charge in [0.25, 0.3) is 0 Å². The Hall–Kier alpha value is -0.891. The van der Waals surface area contributed by atoms with E-state index in [9.17, 15) is 0 Å². The van der Waals surface area contributed by atoms with Crippen molar-refractivity contribution in [3.63, 3.8) is 0 Å². The maximum Gasteiger partial charge on any atom is 0.0267 e. The standard InChI is InChI=1S/2C5H5N.ClH.Fe/c2*1-2-4-6-5-3-1;;/h2*1-5H;1H;. The maximum atomic E-state index is 3.78. The fourth-order valence-corrected chi connectivity index (χ4v) is 0.625. The summed E-state index contributed by atoms with van der Waals surface area (Å²) in [5, 5.41) is 0. The molecule has 4 heteroatoms. The molecule has 0 spiro atoms. The summed E-state index contributed by atoms with van der Waals surface area (Å²) in [4.78, 5) is 7.57. The number of aromatic nitrogens is 2. The molecule has 0 atom stereocenters. The summed E-state index contributed by atoms with van der Waals surface area (Å²) in [6, 6.07) is 11.4. The first-order valence-electron chi connectivity index (χ1n) is 3.70. The normalized spacial score (nSPS) is 6.86. The molecule has 14 heavy (non-hydrogen) atoms. The molecule has 0 saturated carbocycles. The van der Waals surface area contributed by atoms with Crippen LogP contribution in [-0.2, 0) is 17.1 Å². The Bertz CT molecular complexity index is 194. The zero-order valence-corrected chi connectivity index (χ0v) is 9.35. The van der Waals surface area contributed by atoms with Gasteiger partial charge in [0.15, 0.2) is 0 Å². The molecule has 2 aromatic heterocycles. The second-order valence-electron chi connectivity index (χ2n) is 2.05. The van der Waals surface area contributed by atoms with E-state index < -0.39 is 0 Å². The summed E-state index contributed by atoms with van der Waals surface area (Å²) in [7, 11) is 0. The first-order chi connectivity index (χ1) is 6.00. The second kappa shape index (κ2) is 12.1. The molecule has 76 valence electrons. The van der Waals surface area contributed by atoms with E-state index in [1.807, 2.05) is 36.4 Å². The van der Waals surface area contributed by atoms with Crippen molar-refractivity contribution in [2.24, 2.45) is 0 Å². The van der Waals surface area contributed by atoms with Crippen LogP contribution in [0, 0.1) is 0 Å². The summed E-state index contributed by atoms with van der Waals surface area (Å²) in [5.74, 6) is 0. The minimum atomic E-state index is 0. The smallest absolute Gasteiger partial charge is 0.0267 e. The molecule has 0 unspecified atom stereocenters. The first-order valence-corrected chi connectivity index (χ1v) is 3.70. The van der Waals surface area contributed by atoms with Gasteiger partial charge in [-0.3, -0.25) is 9.97 Å². The molecule has 0 aromatic carbocycles. The third-order valence-corrected chi connectivity index (χ3v) is 1.13. The summed E-state index contributed by atoms with van der Waals surface area (Å²) >= 11 is 0. The minimum absolute atomic E-state index is 0. The van der Waals surface area contributed by atoms with E-state index in [0.717, 1.165) is 0 Å². The van der Waals surface area contributed by atoms with Gasteiger partial charge in [-0.15, -0.1) is 12.4 Å². The van der Waals surface area contributed by atoms with Crippen molar-refractivity contribution in [2.45, 2.75) is 0 Å².